The highest BCUT2D eigenvalue weighted by Crippen LogP contribution is 2.26. The molecule has 1 amide bonds. The Hall–Kier alpha value is -1.46. The molecule has 3 rings (SSSR count). The van der Waals surface area contributed by atoms with Crippen LogP contribution in [0, 0.1) is 17.7 Å². The number of likely N-dealkylation sites (tertiary alicyclic amines) is 1. The molecule has 2 aliphatic rings. The van der Waals surface area contributed by atoms with Crippen LogP contribution in [0.2, 0.25) is 0 Å². The van der Waals surface area contributed by atoms with Gasteiger partial charge in [-0.05, 0) is 55.6 Å². The summed E-state index contributed by atoms with van der Waals surface area (Å²) in [5, 5.41) is 6.34. The normalized spacial score (nSPS) is 25.6. The second-order valence-electron chi connectivity index (χ2n) is 6.11. The monoisotopic (exact) mass is 291 g/mol. The van der Waals surface area contributed by atoms with Crippen LogP contribution in [0.1, 0.15) is 12.0 Å². The summed E-state index contributed by atoms with van der Waals surface area (Å²) in [5.41, 5.74) is 0.920. The molecule has 2 saturated heterocycles. The van der Waals surface area contributed by atoms with Crippen LogP contribution in [0.25, 0.3) is 0 Å². The van der Waals surface area contributed by atoms with Gasteiger partial charge in [0.25, 0.3) is 0 Å². The number of carbonyl (C=O) groups excluding carboxylic acids is 1. The second-order valence-corrected chi connectivity index (χ2v) is 6.11. The molecular formula is C16H22FN3O. The molecule has 2 unspecified atom stereocenters. The second kappa shape index (κ2) is 6.54. The zero-order valence-corrected chi connectivity index (χ0v) is 12.1. The van der Waals surface area contributed by atoms with E-state index in [0.29, 0.717) is 19.0 Å². The maximum Gasteiger partial charge on any atom is 0.234 e. The lowest BCUT2D eigenvalue weighted by Gasteiger charge is -2.33. The molecule has 4 nitrogen and oxygen atoms in total. The number of hydrogen-bond acceptors (Lipinski definition) is 3. The summed E-state index contributed by atoms with van der Waals surface area (Å²) in [5.74, 6) is 1.29. The van der Waals surface area contributed by atoms with Crippen LogP contribution in [0.3, 0.4) is 0 Å². The van der Waals surface area contributed by atoms with Crippen molar-refractivity contribution in [3.63, 3.8) is 0 Å². The van der Waals surface area contributed by atoms with Gasteiger partial charge in [-0.3, -0.25) is 9.69 Å². The highest BCUT2D eigenvalue weighted by molar-refractivity contribution is 5.78. The quantitative estimate of drug-likeness (QED) is 0.869. The summed E-state index contributed by atoms with van der Waals surface area (Å²) >= 11 is 0. The van der Waals surface area contributed by atoms with E-state index in [1.54, 1.807) is 12.1 Å². The van der Waals surface area contributed by atoms with E-state index in [1.165, 1.54) is 18.6 Å². The van der Waals surface area contributed by atoms with Gasteiger partial charge in [-0.15, -0.1) is 0 Å². The van der Waals surface area contributed by atoms with Crippen molar-refractivity contribution in [2.75, 3.05) is 32.7 Å². The summed E-state index contributed by atoms with van der Waals surface area (Å²) in [6.07, 6.45) is 1.18. The Morgan fingerprint density at radius 2 is 2.05 bits per heavy atom. The first-order valence-electron chi connectivity index (χ1n) is 7.65. The Bertz CT molecular complexity index is 491. The van der Waals surface area contributed by atoms with Crippen LogP contribution in [-0.4, -0.2) is 43.5 Å². The van der Waals surface area contributed by atoms with Gasteiger partial charge < -0.3 is 10.6 Å². The number of carbonyl (C=O) groups is 1. The highest BCUT2D eigenvalue weighted by Gasteiger charge is 2.33. The minimum Gasteiger partial charge on any atom is -0.351 e. The fraction of sp³-hybridized carbons (Fsp3) is 0.562. The lowest BCUT2D eigenvalue weighted by atomic mass is 9.89. The molecule has 0 bridgehead atoms. The maximum absolute atomic E-state index is 12.8. The first-order valence-corrected chi connectivity index (χ1v) is 7.65. The molecule has 0 radical (unpaired) electrons. The number of nitrogens with zero attached hydrogens (tertiary/aromatic N) is 1. The predicted octanol–water partition coefficient (Wildman–Crippen LogP) is 0.983. The van der Waals surface area contributed by atoms with Crippen molar-refractivity contribution in [2.45, 2.75) is 13.0 Å². The topological polar surface area (TPSA) is 44.4 Å². The Morgan fingerprint density at radius 3 is 2.86 bits per heavy atom. The summed E-state index contributed by atoms with van der Waals surface area (Å²) in [4.78, 5) is 14.2. The Kier molecular flexibility index (Phi) is 4.51. The average molecular weight is 291 g/mol. The van der Waals surface area contributed by atoms with Crippen molar-refractivity contribution in [1.29, 1.82) is 0 Å². The minimum atomic E-state index is -0.252. The molecule has 114 valence electrons. The average Bonchev–Trinajstić information content (AvgIpc) is 2.94. The van der Waals surface area contributed by atoms with E-state index in [1.807, 2.05) is 0 Å². The van der Waals surface area contributed by atoms with Crippen LogP contribution in [0.5, 0.6) is 0 Å². The third-order valence-corrected chi connectivity index (χ3v) is 4.56. The third-order valence-electron chi connectivity index (χ3n) is 4.56. The van der Waals surface area contributed by atoms with Gasteiger partial charge in [-0.2, -0.15) is 0 Å². The van der Waals surface area contributed by atoms with Gasteiger partial charge >= 0.3 is 0 Å². The number of halogens is 1. The Labute approximate surface area is 124 Å². The molecule has 1 aromatic rings. The van der Waals surface area contributed by atoms with Gasteiger partial charge in [0.05, 0.1) is 6.54 Å². The smallest absolute Gasteiger partial charge is 0.234 e. The number of fused-ring (bicyclic) bond motifs is 1. The molecule has 2 heterocycles. The van der Waals surface area contributed by atoms with Gasteiger partial charge in [0.2, 0.25) is 5.91 Å². The van der Waals surface area contributed by atoms with E-state index in [0.717, 1.165) is 37.7 Å². The van der Waals surface area contributed by atoms with Crippen molar-refractivity contribution in [1.82, 2.24) is 15.5 Å². The van der Waals surface area contributed by atoms with Crippen LogP contribution < -0.4 is 10.6 Å². The molecular weight excluding hydrogens is 269 g/mol. The van der Waals surface area contributed by atoms with Gasteiger partial charge in [0.1, 0.15) is 5.82 Å². The van der Waals surface area contributed by atoms with E-state index in [-0.39, 0.29) is 11.7 Å². The highest BCUT2D eigenvalue weighted by atomic mass is 19.1. The first kappa shape index (κ1) is 14.5. The zero-order chi connectivity index (χ0) is 14.7. The van der Waals surface area contributed by atoms with Crippen LogP contribution in [-0.2, 0) is 11.3 Å². The zero-order valence-electron chi connectivity index (χ0n) is 12.1. The first-order chi connectivity index (χ1) is 10.2. The summed E-state index contributed by atoms with van der Waals surface area (Å²) in [6, 6.07) is 6.23. The lowest BCUT2D eigenvalue weighted by molar-refractivity contribution is -0.122. The molecule has 5 heteroatoms. The number of benzene rings is 1. The molecule has 2 atom stereocenters. The molecule has 0 aliphatic carbocycles. The molecule has 1 aromatic carbocycles. The van der Waals surface area contributed by atoms with Crippen LogP contribution in [0.4, 0.5) is 4.39 Å². The molecule has 2 N–H and O–H groups in total. The molecule has 21 heavy (non-hydrogen) atoms. The summed E-state index contributed by atoms with van der Waals surface area (Å²) < 4.78 is 12.8. The molecule has 0 saturated carbocycles. The van der Waals surface area contributed by atoms with E-state index >= 15 is 0 Å². The van der Waals surface area contributed by atoms with E-state index in [9.17, 15) is 9.18 Å². The predicted molar refractivity (Wildman–Crippen MR) is 79.2 cm³/mol. The minimum absolute atomic E-state index is 0.0451. The Morgan fingerprint density at radius 1 is 1.29 bits per heavy atom. The molecule has 0 spiro atoms. The standard InChI is InChI=1S/C16H22FN3O/c17-15-3-1-12(2-4-15)7-19-16(21)11-20-6-5-13-8-18-9-14(13)10-20/h1-4,13-14,18H,5-11H2,(H,19,21). The SMILES string of the molecule is O=C(CN1CCC2CNCC2C1)NCc1ccc(F)cc1. The number of nitrogens with one attached hydrogen (secondary N) is 2. The van der Waals surface area contributed by atoms with Gasteiger partial charge in [0.15, 0.2) is 0 Å². The van der Waals surface area contributed by atoms with Crippen molar-refractivity contribution in [3.05, 3.63) is 35.6 Å². The van der Waals surface area contributed by atoms with Gasteiger partial charge in [-0.1, -0.05) is 12.1 Å². The largest absolute Gasteiger partial charge is 0.351 e. The van der Waals surface area contributed by atoms with Crippen molar-refractivity contribution in [3.8, 4) is 0 Å². The van der Waals surface area contributed by atoms with Crippen LogP contribution >= 0.6 is 0 Å². The number of piperidine rings is 1. The molecule has 2 fully saturated rings. The van der Waals surface area contributed by atoms with Crippen molar-refractivity contribution >= 4 is 5.91 Å². The fourth-order valence-electron chi connectivity index (χ4n) is 3.32. The lowest BCUT2D eigenvalue weighted by Crippen LogP contribution is -2.45. The van der Waals surface area contributed by atoms with Gasteiger partial charge in [0, 0.05) is 13.1 Å². The third kappa shape index (κ3) is 3.80. The van der Waals surface area contributed by atoms with Gasteiger partial charge in [-0.25, -0.2) is 4.39 Å². The molecule has 2 aliphatic heterocycles. The van der Waals surface area contributed by atoms with Crippen molar-refractivity contribution < 1.29 is 9.18 Å². The molecule has 0 aromatic heterocycles. The summed E-state index contributed by atoms with van der Waals surface area (Å²) in [6.45, 7) is 5.16. The maximum atomic E-state index is 12.8. The van der Waals surface area contributed by atoms with E-state index < -0.39 is 0 Å². The fourth-order valence-corrected chi connectivity index (χ4v) is 3.32. The van der Waals surface area contributed by atoms with Crippen molar-refractivity contribution in [2.24, 2.45) is 11.8 Å². The number of hydrogen-bond donors (Lipinski definition) is 2. The van der Waals surface area contributed by atoms with E-state index in [2.05, 4.69) is 15.5 Å². The van der Waals surface area contributed by atoms with Crippen LogP contribution in [0.15, 0.2) is 24.3 Å². The number of amides is 1. The van der Waals surface area contributed by atoms with E-state index in [4.69, 9.17) is 0 Å². The summed E-state index contributed by atoms with van der Waals surface area (Å²) in [7, 11) is 0. The number of rotatable bonds is 4. The Balaban J connectivity index is 1.43.